The number of carbonyl (C=O) groups is 1. The minimum absolute atomic E-state index is 0.139. The van der Waals surface area contributed by atoms with E-state index in [0.717, 1.165) is 17.7 Å². The molecular formula is C14H12ClFN2O2. The fraction of sp³-hybridized carbons (Fsp3) is 0.0714. The summed E-state index contributed by atoms with van der Waals surface area (Å²) in [5.74, 6) is -2.22. The van der Waals surface area contributed by atoms with Crippen molar-refractivity contribution in [1.82, 2.24) is 0 Å². The van der Waals surface area contributed by atoms with Crippen molar-refractivity contribution in [2.24, 2.45) is 0 Å². The largest absolute Gasteiger partial charge is 0.478 e. The number of carboxylic acid groups (broad SMARTS) is 1. The second kappa shape index (κ2) is 5.38. The lowest BCUT2D eigenvalue weighted by molar-refractivity contribution is 0.0692. The molecule has 4 N–H and O–H groups in total. The third-order valence-electron chi connectivity index (χ3n) is 2.82. The van der Waals surface area contributed by atoms with Gasteiger partial charge in [0.15, 0.2) is 0 Å². The predicted octanol–water partition coefficient (Wildman–Crippen LogP) is 3.81. The van der Waals surface area contributed by atoms with Crippen LogP contribution in [0.3, 0.4) is 0 Å². The highest BCUT2D eigenvalue weighted by atomic mass is 35.5. The minimum atomic E-state index is -1.36. The van der Waals surface area contributed by atoms with E-state index < -0.39 is 17.3 Å². The van der Waals surface area contributed by atoms with Crippen LogP contribution in [0, 0.1) is 12.7 Å². The molecule has 6 heteroatoms. The van der Waals surface area contributed by atoms with Crippen molar-refractivity contribution in [1.29, 1.82) is 0 Å². The second-order valence-electron chi connectivity index (χ2n) is 4.31. The Morgan fingerprint density at radius 1 is 1.35 bits per heavy atom. The Kier molecular flexibility index (Phi) is 3.81. The van der Waals surface area contributed by atoms with Gasteiger partial charge in [0.1, 0.15) is 5.82 Å². The number of nitrogen functional groups attached to an aromatic ring is 1. The molecule has 0 saturated carbocycles. The topological polar surface area (TPSA) is 75.3 Å². The van der Waals surface area contributed by atoms with E-state index in [0.29, 0.717) is 10.7 Å². The van der Waals surface area contributed by atoms with Gasteiger partial charge in [0, 0.05) is 16.8 Å². The minimum Gasteiger partial charge on any atom is -0.478 e. The average molecular weight is 295 g/mol. The van der Waals surface area contributed by atoms with Crippen LogP contribution in [0.4, 0.5) is 21.5 Å². The first-order chi connectivity index (χ1) is 9.38. The molecule has 0 aliphatic rings. The normalized spacial score (nSPS) is 10.3. The number of aromatic carboxylic acids is 1. The van der Waals surface area contributed by atoms with E-state index in [4.69, 9.17) is 22.4 Å². The van der Waals surface area contributed by atoms with Gasteiger partial charge in [-0.2, -0.15) is 0 Å². The Morgan fingerprint density at radius 3 is 2.65 bits per heavy atom. The number of halogens is 2. The lowest BCUT2D eigenvalue weighted by Crippen LogP contribution is -2.05. The zero-order valence-corrected chi connectivity index (χ0v) is 11.3. The standard InChI is InChI=1S/C14H12ClFN2O2/c1-7-2-3-8(4-10(7)15)18-13-6-11(16)9(14(19)20)5-12(13)17/h2-6,18H,17H2,1H3,(H,19,20). The number of hydrogen-bond acceptors (Lipinski definition) is 3. The van der Waals surface area contributed by atoms with Gasteiger partial charge in [-0.25, -0.2) is 9.18 Å². The highest BCUT2D eigenvalue weighted by Gasteiger charge is 2.14. The number of nitrogens with one attached hydrogen (secondary N) is 1. The monoisotopic (exact) mass is 294 g/mol. The summed E-state index contributed by atoms with van der Waals surface area (Å²) in [5.41, 5.74) is 7.23. The maximum Gasteiger partial charge on any atom is 0.338 e. The van der Waals surface area contributed by atoms with E-state index in [-0.39, 0.29) is 11.4 Å². The molecule has 0 heterocycles. The number of anilines is 3. The molecule has 0 radical (unpaired) electrons. The number of nitrogens with two attached hydrogens (primary N) is 1. The Hall–Kier alpha value is -2.27. The Balaban J connectivity index is 2.36. The van der Waals surface area contributed by atoms with Gasteiger partial charge < -0.3 is 16.2 Å². The summed E-state index contributed by atoms with van der Waals surface area (Å²) in [6, 6.07) is 7.38. The molecule has 0 fully saturated rings. The fourth-order valence-corrected chi connectivity index (χ4v) is 1.87. The molecule has 0 saturated heterocycles. The van der Waals surface area contributed by atoms with Crippen molar-refractivity contribution in [2.45, 2.75) is 6.92 Å². The molecule has 0 spiro atoms. The van der Waals surface area contributed by atoms with Crippen molar-refractivity contribution in [3.05, 3.63) is 52.3 Å². The molecule has 0 aromatic heterocycles. The maximum atomic E-state index is 13.6. The molecule has 0 unspecified atom stereocenters. The second-order valence-corrected chi connectivity index (χ2v) is 4.72. The van der Waals surface area contributed by atoms with E-state index in [2.05, 4.69) is 5.32 Å². The number of aryl methyl sites for hydroxylation is 1. The zero-order chi connectivity index (χ0) is 14.9. The number of hydrogen-bond donors (Lipinski definition) is 3. The molecule has 0 aliphatic carbocycles. The fourth-order valence-electron chi connectivity index (χ4n) is 1.69. The van der Waals surface area contributed by atoms with E-state index in [9.17, 15) is 9.18 Å². The van der Waals surface area contributed by atoms with E-state index in [1.54, 1.807) is 12.1 Å². The van der Waals surface area contributed by atoms with Gasteiger partial charge in [-0.15, -0.1) is 0 Å². The van der Waals surface area contributed by atoms with Gasteiger partial charge in [-0.05, 0) is 30.7 Å². The van der Waals surface area contributed by atoms with Gasteiger partial charge >= 0.3 is 5.97 Å². The maximum absolute atomic E-state index is 13.6. The summed E-state index contributed by atoms with van der Waals surface area (Å²) in [7, 11) is 0. The summed E-state index contributed by atoms with van der Waals surface area (Å²) < 4.78 is 13.6. The van der Waals surface area contributed by atoms with Crippen LogP contribution < -0.4 is 11.1 Å². The van der Waals surface area contributed by atoms with Crippen LogP contribution in [0.5, 0.6) is 0 Å². The molecule has 104 valence electrons. The number of benzene rings is 2. The van der Waals surface area contributed by atoms with Gasteiger partial charge in [0.2, 0.25) is 0 Å². The Labute approximate surface area is 120 Å². The van der Waals surface area contributed by atoms with Crippen LogP contribution in [-0.2, 0) is 0 Å². The lowest BCUT2D eigenvalue weighted by atomic mass is 10.1. The first-order valence-corrected chi connectivity index (χ1v) is 6.12. The summed E-state index contributed by atoms with van der Waals surface area (Å²) in [4.78, 5) is 10.8. The highest BCUT2D eigenvalue weighted by molar-refractivity contribution is 6.31. The van der Waals surface area contributed by atoms with Gasteiger partial charge in [0.25, 0.3) is 0 Å². The number of carboxylic acids is 1. The van der Waals surface area contributed by atoms with E-state index in [1.807, 2.05) is 13.0 Å². The first kappa shape index (κ1) is 14.1. The molecule has 2 rings (SSSR count). The molecule has 2 aromatic carbocycles. The van der Waals surface area contributed by atoms with Crippen molar-refractivity contribution in [2.75, 3.05) is 11.1 Å². The van der Waals surface area contributed by atoms with Crippen molar-refractivity contribution < 1.29 is 14.3 Å². The quantitative estimate of drug-likeness (QED) is 0.752. The Bertz CT molecular complexity index is 689. The van der Waals surface area contributed by atoms with Crippen molar-refractivity contribution in [3.63, 3.8) is 0 Å². The molecule has 0 bridgehead atoms. The lowest BCUT2D eigenvalue weighted by Gasteiger charge is -2.11. The van der Waals surface area contributed by atoms with Crippen molar-refractivity contribution >= 4 is 34.6 Å². The van der Waals surface area contributed by atoms with Crippen LogP contribution in [-0.4, -0.2) is 11.1 Å². The Morgan fingerprint density at radius 2 is 2.05 bits per heavy atom. The number of rotatable bonds is 3. The van der Waals surface area contributed by atoms with Crippen LogP contribution in [0.1, 0.15) is 15.9 Å². The molecule has 20 heavy (non-hydrogen) atoms. The molecule has 4 nitrogen and oxygen atoms in total. The highest BCUT2D eigenvalue weighted by Crippen LogP contribution is 2.28. The van der Waals surface area contributed by atoms with E-state index in [1.165, 1.54) is 0 Å². The van der Waals surface area contributed by atoms with E-state index >= 15 is 0 Å². The van der Waals surface area contributed by atoms with Crippen LogP contribution in [0.15, 0.2) is 30.3 Å². The van der Waals surface area contributed by atoms with Gasteiger partial charge in [-0.1, -0.05) is 17.7 Å². The van der Waals surface area contributed by atoms with Gasteiger partial charge in [0.05, 0.1) is 16.9 Å². The van der Waals surface area contributed by atoms with Gasteiger partial charge in [-0.3, -0.25) is 0 Å². The summed E-state index contributed by atoms with van der Waals surface area (Å²) in [5, 5.41) is 12.3. The summed E-state index contributed by atoms with van der Waals surface area (Å²) >= 11 is 5.99. The summed E-state index contributed by atoms with van der Waals surface area (Å²) in [6.45, 7) is 1.86. The molecule has 0 atom stereocenters. The SMILES string of the molecule is Cc1ccc(Nc2cc(F)c(C(=O)O)cc2N)cc1Cl. The third kappa shape index (κ3) is 2.83. The molecule has 0 aliphatic heterocycles. The molecule has 0 amide bonds. The van der Waals surface area contributed by atoms with Crippen LogP contribution in [0.2, 0.25) is 5.02 Å². The first-order valence-electron chi connectivity index (χ1n) is 5.74. The van der Waals surface area contributed by atoms with Crippen molar-refractivity contribution in [3.8, 4) is 0 Å². The van der Waals surface area contributed by atoms with Crippen LogP contribution in [0.25, 0.3) is 0 Å². The molecular weight excluding hydrogens is 283 g/mol. The summed E-state index contributed by atoms with van der Waals surface area (Å²) in [6.07, 6.45) is 0. The zero-order valence-electron chi connectivity index (χ0n) is 10.6. The molecule has 2 aromatic rings. The van der Waals surface area contributed by atoms with Crippen LogP contribution >= 0.6 is 11.6 Å². The smallest absolute Gasteiger partial charge is 0.338 e. The third-order valence-corrected chi connectivity index (χ3v) is 3.23. The average Bonchev–Trinajstić information content (AvgIpc) is 2.37. The predicted molar refractivity (Wildman–Crippen MR) is 77.2 cm³/mol.